The molecule has 0 aliphatic rings. The molecule has 3 rings (SSSR count). The first-order valence-electron chi connectivity index (χ1n) is 10.5. The molecule has 0 fully saturated rings. The summed E-state index contributed by atoms with van der Waals surface area (Å²) in [7, 11) is 0. The van der Waals surface area contributed by atoms with Gasteiger partial charge in [0.2, 0.25) is 6.61 Å². The zero-order valence-corrected chi connectivity index (χ0v) is 18.8. The molecular weight excluding hydrogens is 508 g/mol. The Morgan fingerprint density at radius 2 is 1.27 bits per heavy atom. The summed E-state index contributed by atoms with van der Waals surface area (Å²) in [5, 5.41) is 12.1. The molecule has 0 aliphatic heterocycles. The van der Waals surface area contributed by atoms with E-state index in [-0.39, 0.29) is 35.8 Å². The van der Waals surface area contributed by atoms with Crippen LogP contribution in [0.2, 0.25) is 0 Å². The number of nitrogens with zero attached hydrogens (tertiary/aromatic N) is 1. The number of hydrogen-bond donors (Lipinski definition) is 1. The lowest BCUT2D eigenvalue weighted by molar-refractivity contribution is -0.142. The van der Waals surface area contributed by atoms with Crippen LogP contribution in [0.5, 0.6) is 11.5 Å². The molecule has 0 saturated heterocycles. The van der Waals surface area contributed by atoms with E-state index < -0.39 is 36.1 Å². The minimum atomic E-state index is -4.52. The van der Waals surface area contributed by atoms with Crippen LogP contribution < -0.4 is 9.47 Å². The van der Waals surface area contributed by atoms with Gasteiger partial charge in [0.1, 0.15) is 24.7 Å². The van der Waals surface area contributed by atoms with Gasteiger partial charge in [-0.1, -0.05) is 29.4 Å². The third kappa shape index (κ3) is 8.74. The third-order valence-corrected chi connectivity index (χ3v) is 4.69. The van der Waals surface area contributed by atoms with Crippen molar-refractivity contribution >= 4 is 12.2 Å². The molecule has 0 bridgehead atoms. The van der Waals surface area contributed by atoms with Crippen LogP contribution in [-0.4, -0.2) is 23.9 Å². The number of benzene rings is 3. The molecule has 3 aromatic rings. The van der Waals surface area contributed by atoms with Crippen LogP contribution in [0, 0.1) is 0 Å². The molecule has 0 aromatic heterocycles. The van der Waals surface area contributed by atoms with E-state index in [1.807, 2.05) is 0 Å². The number of ether oxygens (including phenoxy) is 2. The van der Waals surface area contributed by atoms with Gasteiger partial charge in [0.05, 0.1) is 17.3 Å². The first-order valence-corrected chi connectivity index (χ1v) is 10.5. The van der Waals surface area contributed by atoms with Crippen LogP contribution >= 0.6 is 0 Å². The number of carboxylic acid groups (broad SMARTS) is 1. The molecule has 0 unspecified atom stereocenters. The fraction of sp³-hybridized carbons (Fsp3) is 0.200. The van der Waals surface area contributed by atoms with Gasteiger partial charge in [0.15, 0.2) is 0 Å². The smallest absolute Gasteiger partial charge is 0.416 e. The Labute approximate surface area is 206 Å². The zero-order valence-electron chi connectivity index (χ0n) is 18.8. The van der Waals surface area contributed by atoms with Gasteiger partial charge in [-0.3, -0.25) is 0 Å². The molecule has 196 valence electrons. The van der Waals surface area contributed by atoms with Crippen molar-refractivity contribution in [2.24, 2.45) is 5.16 Å². The average molecular weight is 527 g/mol. The van der Waals surface area contributed by atoms with E-state index in [4.69, 9.17) is 14.6 Å². The maximum atomic E-state index is 13.0. The SMILES string of the molecule is O=C(O)CON=Cc1cc(OCc2cccc(C(F)(F)F)c2)cc(OCc2cccc(C(F)(F)F)c2)c1. The highest BCUT2D eigenvalue weighted by atomic mass is 19.4. The van der Waals surface area contributed by atoms with Gasteiger partial charge in [-0.15, -0.1) is 0 Å². The molecule has 12 heteroatoms. The molecule has 0 radical (unpaired) electrons. The molecule has 6 nitrogen and oxygen atoms in total. The lowest BCUT2D eigenvalue weighted by Crippen LogP contribution is -2.06. The predicted molar refractivity (Wildman–Crippen MR) is 119 cm³/mol. The van der Waals surface area contributed by atoms with Crippen LogP contribution in [0.15, 0.2) is 71.9 Å². The molecule has 0 atom stereocenters. The van der Waals surface area contributed by atoms with Gasteiger partial charge < -0.3 is 19.4 Å². The second-order valence-corrected chi connectivity index (χ2v) is 7.61. The molecule has 0 spiro atoms. The van der Waals surface area contributed by atoms with Crippen molar-refractivity contribution in [3.63, 3.8) is 0 Å². The maximum absolute atomic E-state index is 13.0. The highest BCUT2D eigenvalue weighted by Crippen LogP contribution is 2.31. The lowest BCUT2D eigenvalue weighted by Gasteiger charge is -2.13. The number of carbonyl (C=O) groups is 1. The number of aliphatic carboxylic acids is 1. The summed E-state index contributed by atoms with van der Waals surface area (Å²) in [6.07, 6.45) is -7.89. The quantitative estimate of drug-likeness (QED) is 0.190. The summed E-state index contributed by atoms with van der Waals surface area (Å²) in [5.74, 6) is -0.947. The molecule has 0 amide bonds. The first kappa shape index (κ1) is 27.4. The Morgan fingerprint density at radius 3 is 1.70 bits per heavy atom. The van der Waals surface area contributed by atoms with E-state index in [0.717, 1.165) is 30.5 Å². The van der Waals surface area contributed by atoms with Crippen molar-refractivity contribution in [3.05, 3.63) is 94.5 Å². The highest BCUT2D eigenvalue weighted by Gasteiger charge is 2.31. The minimum Gasteiger partial charge on any atom is -0.489 e. The molecule has 37 heavy (non-hydrogen) atoms. The molecule has 3 aromatic carbocycles. The Kier molecular flexibility index (Phi) is 8.64. The molecular formula is C25H19F6NO5. The van der Waals surface area contributed by atoms with Crippen molar-refractivity contribution in [3.8, 4) is 11.5 Å². The van der Waals surface area contributed by atoms with Crippen molar-refractivity contribution in [1.82, 2.24) is 0 Å². The Bertz CT molecular complexity index is 1180. The summed E-state index contributed by atoms with van der Waals surface area (Å²) in [4.78, 5) is 15.2. The summed E-state index contributed by atoms with van der Waals surface area (Å²) in [6, 6.07) is 13.4. The van der Waals surface area contributed by atoms with Crippen molar-refractivity contribution < 1.29 is 50.6 Å². The fourth-order valence-corrected chi connectivity index (χ4v) is 3.03. The van der Waals surface area contributed by atoms with E-state index in [9.17, 15) is 31.1 Å². The predicted octanol–water partition coefficient (Wildman–Crippen LogP) is 6.32. The van der Waals surface area contributed by atoms with E-state index in [2.05, 4.69) is 9.99 Å². The second-order valence-electron chi connectivity index (χ2n) is 7.61. The van der Waals surface area contributed by atoms with Gasteiger partial charge in [-0.05, 0) is 47.5 Å². The van der Waals surface area contributed by atoms with Crippen LogP contribution in [0.25, 0.3) is 0 Å². The van der Waals surface area contributed by atoms with Crippen LogP contribution in [-0.2, 0) is 35.2 Å². The van der Waals surface area contributed by atoms with E-state index in [1.54, 1.807) is 0 Å². The van der Waals surface area contributed by atoms with Gasteiger partial charge >= 0.3 is 18.3 Å². The van der Waals surface area contributed by atoms with E-state index >= 15 is 0 Å². The largest absolute Gasteiger partial charge is 0.489 e. The Hall–Kier alpha value is -4.22. The number of rotatable bonds is 10. The highest BCUT2D eigenvalue weighted by molar-refractivity contribution is 5.80. The van der Waals surface area contributed by atoms with Crippen LogP contribution in [0.4, 0.5) is 26.3 Å². The van der Waals surface area contributed by atoms with Gasteiger partial charge in [0.25, 0.3) is 0 Å². The topological polar surface area (TPSA) is 77.4 Å². The van der Waals surface area contributed by atoms with Crippen molar-refractivity contribution in [2.45, 2.75) is 25.6 Å². The molecule has 0 heterocycles. The number of oxime groups is 1. The van der Waals surface area contributed by atoms with Gasteiger partial charge in [-0.2, -0.15) is 26.3 Å². The van der Waals surface area contributed by atoms with Crippen molar-refractivity contribution in [2.75, 3.05) is 6.61 Å². The summed E-state index contributed by atoms with van der Waals surface area (Å²) >= 11 is 0. The van der Waals surface area contributed by atoms with E-state index in [1.165, 1.54) is 42.5 Å². The van der Waals surface area contributed by atoms with E-state index in [0.29, 0.717) is 5.56 Å². The number of carboxylic acids is 1. The number of hydrogen-bond acceptors (Lipinski definition) is 5. The Morgan fingerprint density at radius 1 is 0.784 bits per heavy atom. The molecule has 0 saturated carbocycles. The summed E-state index contributed by atoms with van der Waals surface area (Å²) in [6.45, 7) is -1.15. The fourth-order valence-electron chi connectivity index (χ4n) is 3.03. The number of alkyl halides is 6. The Balaban J connectivity index is 1.79. The monoisotopic (exact) mass is 527 g/mol. The normalized spacial score (nSPS) is 11.9. The van der Waals surface area contributed by atoms with Crippen LogP contribution in [0.3, 0.4) is 0 Å². The van der Waals surface area contributed by atoms with Crippen molar-refractivity contribution in [1.29, 1.82) is 0 Å². The first-order chi connectivity index (χ1) is 17.4. The van der Waals surface area contributed by atoms with Gasteiger partial charge in [-0.25, -0.2) is 4.79 Å². The maximum Gasteiger partial charge on any atom is 0.416 e. The standard InChI is InChI=1S/C25H19F6NO5/c26-24(27,28)19-5-1-3-16(7-19)13-35-21-9-18(12-32-37-15-23(33)34)10-22(11-21)36-14-17-4-2-6-20(8-17)25(29,30)31/h1-12H,13-15H2,(H,33,34). The lowest BCUT2D eigenvalue weighted by atomic mass is 10.1. The second kappa shape index (κ2) is 11.7. The zero-order chi connectivity index (χ0) is 27.1. The summed E-state index contributed by atoms with van der Waals surface area (Å²) < 4.78 is 89.0. The van der Waals surface area contributed by atoms with Crippen LogP contribution in [0.1, 0.15) is 27.8 Å². The minimum absolute atomic E-state index is 0.152. The molecule has 0 aliphatic carbocycles. The molecule has 1 N–H and O–H groups in total. The summed E-state index contributed by atoms with van der Waals surface area (Å²) in [5.41, 5.74) is -0.883. The number of halogens is 6. The third-order valence-electron chi connectivity index (χ3n) is 4.69. The average Bonchev–Trinajstić information content (AvgIpc) is 2.83. The van der Waals surface area contributed by atoms with Gasteiger partial charge in [0, 0.05) is 11.6 Å².